The molecule has 86 valence electrons. The molecule has 0 spiro atoms. The van der Waals surface area contributed by atoms with E-state index in [1.165, 1.54) is 0 Å². The summed E-state index contributed by atoms with van der Waals surface area (Å²) in [6.45, 7) is -0.280. The minimum Gasteiger partial charge on any atom is -0.481 e. The van der Waals surface area contributed by atoms with Gasteiger partial charge in [0, 0.05) is 0 Å². The van der Waals surface area contributed by atoms with Crippen LogP contribution in [0.3, 0.4) is 0 Å². The topological polar surface area (TPSA) is 83.8 Å². The van der Waals surface area contributed by atoms with Gasteiger partial charge in [0.05, 0.1) is 18.4 Å². The Kier molecular flexibility index (Phi) is 4.55. The van der Waals surface area contributed by atoms with Gasteiger partial charge in [-0.05, 0) is 12.8 Å². The zero-order chi connectivity index (χ0) is 11.3. The quantitative estimate of drug-likeness (QED) is 0.665. The van der Waals surface area contributed by atoms with E-state index >= 15 is 0 Å². The second-order valence-corrected chi connectivity index (χ2v) is 3.73. The third-order valence-electron chi connectivity index (χ3n) is 2.72. The number of carboxylic acid groups (broad SMARTS) is 1. The molecule has 1 aliphatic carbocycles. The molecule has 1 fully saturated rings. The summed E-state index contributed by atoms with van der Waals surface area (Å²) in [4.78, 5) is 22.4. The zero-order valence-corrected chi connectivity index (χ0v) is 8.52. The highest BCUT2D eigenvalue weighted by molar-refractivity contribution is 5.81. The van der Waals surface area contributed by atoms with Gasteiger partial charge in [-0.3, -0.25) is 9.59 Å². The van der Waals surface area contributed by atoms with Gasteiger partial charge in [-0.15, -0.1) is 0 Å². The van der Waals surface area contributed by atoms with Crippen LogP contribution in [-0.2, 0) is 14.3 Å². The van der Waals surface area contributed by atoms with E-state index in [0.717, 1.165) is 12.8 Å². The summed E-state index contributed by atoms with van der Waals surface area (Å²) in [5.74, 6) is -2.58. The van der Waals surface area contributed by atoms with E-state index in [9.17, 15) is 9.59 Å². The van der Waals surface area contributed by atoms with Crippen LogP contribution in [0.1, 0.15) is 25.7 Å². The molecule has 0 aliphatic heterocycles. The van der Waals surface area contributed by atoms with Crippen molar-refractivity contribution in [1.29, 1.82) is 0 Å². The number of aliphatic hydroxyl groups is 1. The summed E-state index contributed by atoms with van der Waals surface area (Å²) >= 11 is 0. The summed E-state index contributed by atoms with van der Waals surface area (Å²) in [6.07, 6.45) is 2.82. The lowest BCUT2D eigenvalue weighted by atomic mass is 9.79. The molecule has 5 heteroatoms. The number of hydrogen-bond donors (Lipinski definition) is 2. The number of ether oxygens (including phenoxy) is 1. The largest absolute Gasteiger partial charge is 0.481 e. The Morgan fingerprint density at radius 3 is 2.33 bits per heavy atom. The number of carbonyl (C=O) groups excluding carboxylic acids is 1. The number of aliphatic hydroxyl groups excluding tert-OH is 1. The predicted molar refractivity (Wildman–Crippen MR) is 51.1 cm³/mol. The number of carbonyl (C=O) groups is 2. The Morgan fingerprint density at radius 1 is 1.20 bits per heavy atom. The van der Waals surface area contributed by atoms with E-state index in [-0.39, 0.29) is 13.2 Å². The average molecular weight is 216 g/mol. The van der Waals surface area contributed by atoms with Gasteiger partial charge in [0.1, 0.15) is 6.61 Å². The van der Waals surface area contributed by atoms with Gasteiger partial charge in [-0.25, -0.2) is 0 Å². The van der Waals surface area contributed by atoms with Crippen molar-refractivity contribution in [3.8, 4) is 0 Å². The monoisotopic (exact) mass is 216 g/mol. The van der Waals surface area contributed by atoms with Gasteiger partial charge >= 0.3 is 11.9 Å². The number of hydrogen-bond acceptors (Lipinski definition) is 4. The molecule has 0 aromatic heterocycles. The smallest absolute Gasteiger partial charge is 0.309 e. The maximum absolute atomic E-state index is 11.5. The molecule has 0 amide bonds. The van der Waals surface area contributed by atoms with Crippen LogP contribution in [0.5, 0.6) is 0 Å². The molecule has 1 rings (SSSR count). The molecule has 0 heterocycles. The number of carboxylic acids is 1. The average Bonchev–Trinajstić information content (AvgIpc) is 2.25. The van der Waals surface area contributed by atoms with Gasteiger partial charge in [-0.2, -0.15) is 0 Å². The molecule has 2 N–H and O–H groups in total. The molecule has 5 nitrogen and oxygen atoms in total. The second kappa shape index (κ2) is 5.70. The first-order valence-corrected chi connectivity index (χ1v) is 5.17. The van der Waals surface area contributed by atoms with E-state index < -0.39 is 23.8 Å². The van der Waals surface area contributed by atoms with Crippen LogP contribution in [-0.4, -0.2) is 35.4 Å². The van der Waals surface area contributed by atoms with Crippen LogP contribution >= 0.6 is 0 Å². The standard InChI is InChI=1S/C10H16O5/c11-5-6-15-10(14)8-4-2-1-3-7(8)9(12)13/h7-8,11H,1-6H2,(H,12,13)/t7-,8+/m1/s1. The Bertz CT molecular complexity index is 238. The van der Waals surface area contributed by atoms with Gasteiger partial charge < -0.3 is 14.9 Å². The Hall–Kier alpha value is -1.10. The van der Waals surface area contributed by atoms with Gasteiger partial charge in [0.2, 0.25) is 0 Å². The highest BCUT2D eigenvalue weighted by atomic mass is 16.5. The number of aliphatic carboxylic acids is 1. The minimum atomic E-state index is -0.930. The third kappa shape index (κ3) is 3.20. The molecule has 0 bridgehead atoms. The van der Waals surface area contributed by atoms with Crippen LogP contribution in [0.15, 0.2) is 0 Å². The fourth-order valence-electron chi connectivity index (χ4n) is 1.96. The van der Waals surface area contributed by atoms with Gasteiger partial charge in [-0.1, -0.05) is 12.8 Å². The van der Waals surface area contributed by atoms with E-state index in [0.29, 0.717) is 12.8 Å². The third-order valence-corrected chi connectivity index (χ3v) is 2.72. The van der Waals surface area contributed by atoms with Crippen molar-refractivity contribution in [2.24, 2.45) is 11.8 Å². The first-order valence-electron chi connectivity index (χ1n) is 5.17. The normalized spacial score (nSPS) is 25.9. The molecule has 2 atom stereocenters. The molecule has 0 saturated heterocycles. The van der Waals surface area contributed by atoms with Crippen LogP contribution in [0.25, 0.3) is 0 Å². The molecule has 0 aromatic carbocycles. The summed E-state index contributed by atoms with van der Waals surface area (Å²) in [5, 5.41) is 17.4. The van der Waals surface area contributed by atoms with E-state index in [1.807, 2.05) is 0 Å². The van der Waals surface area contributed by atoms with Crippen molar-refractivity contribution in [3.63, 3.8) is 0 Å². The fraction of sp³-hybridized carbons (Fsp3) is 0.800. The van der Waals surface area contributed by atoms with E-state index in [2.05, 4.69) is 0 Å². The Balaban J connectivity index is 2.55. The van der Waals surface area contributed by atoms with Gasteiger partial charge in [0.15, 0.2) is 0 Å². The lowest BCUT2D eigenvalue weighted by Gasteiger charge is -2.26. The maximum atomic E-state index is 11.5. The minimum absolute atomic E-state index is 0.0539. The molecule has 1 saturated carbocycles. The van der Waals surface area contributed by atoms with Crippen molar-refractivity contribution in [1.82, 2.24) is 0 Å². The Labute approximate surface area is 88.0 Å². The molecule has 15 heavy (non-hydrogen) atoms. The molecular formula is C10H16O5. The van der Waals surface area contributed by atoms with Crippen molar-refractivity contribution >= 4 is 11.9 Å². The summed E-state index contributed by atoms with van der Waals surface area (Å²) in [7, 11) is 0. The first kappa shape index (κ1) is 12.0. The van der Waals surface area contributed by atoms with E-state index in [1.54, 1.807) is 0 Å². The first-order chi connectivity index (χ1) is 7.16. The maximum Gasteiger partial charge on any atom is 0.309 e. The van der Waals surface area contributed by atoms with Crippen molar-refractivity contribution in [2.45, 2.75) is 25.7 Å². The van der Waals surface area contributed by atoms with Crippen molar-refractivity contribution in [2.75, 3.05) is 13.2 Å². The summed E-state index contributed by atoms with van der Waals surface area (Å²) < 4.78 is 4.76. The molecule has 0 radical (unpaired) electrons. The van der Waals surface area contributed by atoms with Crippen LogP contribution in [0, 0.1) is 11.8 Å². The summed E-state index contributed by atoms with van der Waals surface area (Å²) in [5.41, 5.74) is 0. The van der Waals surface area contributed by atoms with Crippen LogP contribution < -0.4 is 0 Å². The van der Waals surface area contributed by atoms with Crippen LogP contribution in [0.4, 0.5) is 0 Å². The highest BCUT2D eigenvalue weighted by Crippen LogP contribution is 2.31. The van der Waals surface area contributed by atoms with Crippen molar-refractivity contribution in [3.05, 3.63) is 0 Å². The van der Waals surface area contributed by atoms with E-state index in [4.69, 9.17) is 14.9 Å². The molecule has 1 aliphatic rings. The zero-order valence-electron chi connectivity index (χ0n) is 8.52. The molecule has 0 aromatic rings. The van der Waals surface area contributed by atoms with Gasteiger partial charge in [0.25, 0.3) is 0 Å². The molecular weight excluding hydrogens is 200 g/mol. The number of rotatable bonds is 4. The SMILES string of the molecule is O=C(OCCO)[C@H]1CCCC[C@H]1C(=O)O. The second-order valence-electron chi connectivity index (χ2n) is 3.73. The lowest BCUT2D eigenvalue weighted by Crippen LogP contribution is -2.34. The van der Waals surface area contributed by atoms with Crippen LogP contribution in [0.2, 0.25) is 0 Å². The summed E-state index contributed by atoms with van der Waals surface area (Å²) in [6, 6.07) is 0. The van der Waals surface area contributed by atoms with Crippen molar-refractivity contribution < 1.29 is 24.5 Å². The Morgan fingerprint density at radius 2 is 1.80 bits per heavy atom. The number of esters is 1. The molecule has 0 unspecified atom stereocenters. The highest BCUT2D eigenvalue weighted by Gasteiger charge is 2.36. The predicted octanol–water partition coefficient (Wildman–Crippen LogP) is 0.413. The lowest BCUT2D eigenvalue weighted by molar-refractivity contribution is -0.160. The fourth-order valence-corrected chi connectivity index (χ4v) is 1.96.